The van der Waals surface area contributed by atoms with Crippen molar-refractivity contribution in [3.63, 3.8) is 0 Å². The Morgan fingerprint density at radius 2 is 1.68 bits per heavy atom. The van der Waals surface area contributed by atoms with Gasteiger partial charge in [0.25, 0.3) is 5.56 Å². The molecule has 40 heavy (non-hydrogen) atoms. The highest BCUT2D eigenvalue weighted by molar-refractivity contribution is 6.05. The van der Waals surface area contributed by atoms with Crippen LogP contribution in [-0.2, 0) is 9.59 Å². The van der Waals surface area contributed by atoms with E-state index in [2.05, 4.69) is 32.1 Å². The molecule has 1 aliphatic rings. The Hall–Kier alpha value is -4.65. The molecule has 0 saturated carbocycles. The summed E-state index contributed by atoms with van der Waals surface area (Å²) in [5.74, 6) is -3.31. The van der Waals surface area contributed by atoms with Gasteiger partial charge in [0, 0.05) is 54.5 Å². The molecule has 4 N–H and O–H groups in total. The molecule has 0 unspecified atom stereocenters. The van der Waals surface area contributed by atoms with Crippen LogP contribution in [0.3, 0.4) is 0 Å². The maximum Gasteiger partial charge on any atom is 0.490 e. The maximum atomic E-state index is 12.3. The number of aromatic hydroxyl groups is 1. The van der Waals surface area contributed by atoms with Gasteiger partial charge in [-0.05, 0) is 62.5 Å². The van der Waals surface area contributed by atoms with Gasteiger partial charge >= 0.3 is 12.1 Å². The largest absolute Gasteiger partial charge is 0.494 e. The summed E-state index contributed by atoms with van der Waals surface area (Å²) in [6.45, 7) is 5.81. The molecular formula is C27H28F3N5O5. The molecule has 1 aliphatic heterocycles. The van der Waals surface area contributed by atoms with E-state index in [1.165, 1.54) is 12.3 Å². The highest BCUT2D eigenvalue weighted by Gasteiger charge is 2.38. The number of aliphatic imine (C=N–C) groups is 1. The van der Waals surface area contributed by atoms with Gasteiger partial charge in [0.1, 0.15) is 0 Å². The van der Waals surface area contributed by atoms with Crippen LogP contribution in [0.15, 0.2) is 64.4 Å². The number of aliphatic carboxylic acids is 1. The molecule has 0 radical (unpaired) electrons. The summed E-state index contributed by atoms with van der Waals surface area (Å²) in [5, 5.41) is 21.2. The van der Waals surface area contributed by atoms with Crippen molar-refractivity contribution in [2.24, 2.45) is 4.99 Å². The monoisotopic (exact) mass is 559 g/mol. The van der Waals surface area contributed by atoms with E-state index in [9.17, 15) is 27.9 Å². The number of anilines is 2. The zero-order valence-electron chi connectivity index (χ0n) is 21.7. The first-order valence-electron chi connectivity index (χ1n) is 12.1. The number of alkyl halides is 3. The molecule has 1 aromatic heterocycles. The summed E-state index contributed by atoms with van der Waals surface area (Å²) in [6.07, 6.45) is -0.510. The molecule has 0 atom stereocenters. The molecule has 0 bridgehead atoms. The topological polar surface area (TPSA) is 138 Å². The van der Waals surface area contributed by atoms with Gasteiger partial charge in [0.05, 0.1) is 11.3 Å². The quantitative estimate of drug-likeness (QED) is 0.275. The number of allylic oxidation sites excluding steroid dienone is 1. The lowest BCUT2D eigenvalue weighted by molar-refractivity contribution is -0.192. The van der Waals surface area contributed by atoms with Crippen molar-refractivity contribution in [1.82, 2.24) is 9.88 Å². The molecule has 1 amide bonds. The average Bonchev–Trinajstić information content (AvgIpc) is 2.89. The third kappa shape index (κ3) is 7.93. The number of hydrogen-bond acceptors (Lipinski definition) is 7. The number of aromatic amines is 1. The van der Waals surface area contributed by atoms with Gasteiger partial charge in [-0.2, -0.15) is 13.2 Å². The summed E-state index contributed by atoms with van der Waals surface area (Å²) in [6, 6.07) is 12.9. The van der Waals surface area contributed by atoms with Crippen molar-refractivity contribution in [2.75, 3.05) is 43.4 Å². The first-order valence-corrected chi connectivity index (χ1v) is 12.1. The van der Waals surface area contributed by atoms with Crippen LogP contribution in [0.4, 0.5) is 30.2 Å². The molecule has 2 aromatic carbocycles. The Morgan fingerprint density at radius 1 is 1.05 bits per heavy atom. The summed E-state index contributed by atoms with van der Waals surface area (Å²) >= 11 is 0. The first kappa shape index (κ1) is 29.9. The third-order valence-corrected chi connectivity index (χ3v) is 5.93. The fourth-order valence-corrected chi connectivity index (χ4v) is 3.83. The molecule has 1 fully saturated rings. The number of carboxylic acids is 1. The number of carboxylic acid groups (broad SMARTS) is 1. The van der Waals surface area contributed by atoms with Gasteiger partial charge in [0.15, 0.2) is 0 Å². The predicted molar refractivity (Wildman–Crippen MR) is 147 cm³/mol. The minimum absolute atomic E-state index is 0.276. The molecular weight excluding hydrogens is 531 g/mol. The van der Waals surface area contributed by atoms with E-state index in [1.807, 2.05) is 24.3 Å². The molecule has 3 aromatic rings. The number of nitrogens with zero attached hydrogens (tertiary/aromatic N) is 3. The second-order valence-electron chi connectivity index (χ2n) is 8.83. The zero-order valence-corrected chi connectivity index (χ0v) is 21.7. The highest BCUT2D eigenvalue weighted by Crippen LogP contribution is 2.26. The number of carbonyl (C=O) groups excluding carboxylic acids is 1. The molecule has 1 saturated heterocycles. The number of H-pyrrole nitrogens is 1. The molecule has 0 spiro atoms. The Balaban J connectivity index is 0.000000559. The normalized spacial score (nSPS) is 14.4. The summed E-state index contributed by atoms with van der Waals surface area (Å²) in [4.78, 5) is 44.7. The number of hydrogen-bond donors (Lipinski definition) is 4. The van der Waals surface area contributed by atoms with E-state index >= 15 is 0 Å². The first-order chi connectivity index (χ1) is 18.9. The van der Waals surface area contributed by atoms with Gasteiger partial charge in [-0.3, -0.25) is 19.6 Å². The van der Waals surface area contributed by atoms with Crippen molar-refractivity contribution in [3.05, 3.63) is 70.5 Å². The van der Waals surface area contributed by atoms with Crippen LogP contribution in [0.25, 0.3) is 10.8 Å². The Kier molecular flexibility index (Phi) is 9.67. The van der Waals surface area contributed by atoms with Crippen LogP contribution in [0, 0.1) is 0 Å². The van der Waals surface area contributed by atoms with Crippen LogP contribution in [0.5, 0.6) is 5.88 Å². The average molecular weight is 560 g/mol. The Morgan fingerprint density at radius 3 is 2.25 bits per heavy atom. The van der Waals surface area contributed by atoms with E-state index in [0.29, 0.717) is 22.0 Å². The van der Waals surface area contributed by atoms with Crippen molar-refractivity contribution in [1.29, 1.82) is 0 Å². The van der Waals surface area contributed by atoms with E-state index in [4.69, 9.17) is 9.90 Å². The number of benzene rings is 2. The lowest BCUT2D eigenvalue weighted by atomic mass is 10.1. The molecule has 10 nitrogen and oxygen atoms in total. The SMILES string of the molecule is C/C=C/C(=O)Nc1ccc2c(=O)[nH]c(O)c(C=Nc3ccc(N4CCN(C)CC4)cc3)c2c1.O=C(O)C(F)(F)F. The number of likely N-dealkylation sites (N-methyl/N-ethyl adjacent to an activating group) is 1. The Labute approximate surface area is 227 Å². The van der Waals surface area contributed by atoms with Crippen LogP contribution in [-0.4, -0.2) is 77.6 Å². The lowest BCUT2D eigenvalue weighted by Gasteiger charge is -2.34. The fraction of sp³-hybridized carbons (Fsp3) is 0.259. The lowest BCUT2D eigenvalue weighted by Crippen LogP contribution is -2.44. The number of amides is 1. The van der Waals surface area contributed by atoms with Crippen LogP contribution in [0.2, 0.25) is 0 Å². The van der Waals surface area contributed by atoms with Crippen molar-refractivity contribution < 1.29 is 33.0 Å². The van der Waals surface area contributed by atoms with E-state index in [1.54, 1.807) is 31.2 Å². The van der Waals surface area contributed by atoms with E-state index in [-0.39, 0.29) is 11.8 Å². The molecule has 13 heteroatoms. The molecule has 212 valence electrons. The predicted octanol–water partition coefficient (Wildman–Crippen LogP) is 3.88. The summed E-state index contributed by atoms with van der Waals surface area (Å²) in [7, 11) is 2.13. The fourth-order valence-electron chi connectivity index (χ4n) is 3.83. The van der Waals surface area contributed by atoms with E-state index < -0.39 is 17.7 Å². The van der Waals surface area contributed by atoms with Crippen LogP contribution < -0.4 is 15.8 Å². The number of aromatic nitrogens is 1. The maximum absolute atomic E-state index is 12.3. The van der Waals surface area contributed by atoms with Crippen molar-refractivity contribution in [2.45, 2.75) is 13.1 Å². The minimum atomic E-state index is -5.08. The number of rotatable bonds is 5. The number of pyridine rings is 1. The summed E-state index contributed by atoms with van der Waals surface area (Å²) in [5.41, 5.74) is 2.35. The van der Waals surface area contributed by atoms with Gasteiger partial charge in [-0.25, -0.2) is 4.79 Å². The number of nitrogens with one attached hydrogen (secondary N) is 2. The third-order valence-electron chi connectivity index (χ3n) is 5.93. The second kappa shape index (κ2) is 12.9. The molecule has 0 aliphatic carbocycles. The van der Waals surface area contributed by atoms with Crippen molar-refractivity contribution in [3.8, 4) is 5.88 Å². The van der Waals surface area contributed by atoms with Crippen LogP contribution >= 0.6 is 0 Å². The number of piperazine rings is 1. The smallest absolute Gasteiger partial charge is 0.490 e. The Bertz CT molecular complexity index is 1470. The zero-order chi connectivity index (χ0) is 29.4. The van der Waals surface area contributed by atoms with Crippen molar-refractivity contribution >= 4 is 45.9 Å². The highest BCUT2D eigenvalue weighted by atomic mass is 19.4. The van der Waals surface area contributed by atoms with E-state index in [0.717, 1.165) is 37.6 Å². The molecule has 4 rings (SSSR count). The standard InChI is InChI=1S/C25H27N5O3.C2HF3O2/c1-3-4-23(31)27-18-7-10-20-21(15-18)22(25(33)28-24(20)32)16-26-17-5-8-19(9-6-17)30-13-11-29(2)12-14-30;3-2(4,5)1(6)7/h3-10,15-16H,11-14H2,1-2H3,(H,27,31)(H2,28,32,33);(H,6,7)/b4-3+,26-16?;. The minimum Gasteiger partial charge on any atom is -0.494 e. The van der Waals surface area contributed by atoms with Gasteiger partial charge in [-0.15, -0.1) is 0 Å². The number of halogens is 3. The van der Waals surface area contributed by atoms with Gasteiger partial charge in [0.2, 0.25) is 11.8 Å². The van der Waals surface area contributed by atoms with Crippen LogP contribution in [0.1, 0.15) is 12.5 Å². The molecule has 2 heterocycles. The van der Waals surface area contributed by atoms with Gasteiger partial charge < -0.3 is 25.3 Å². The second-order valence-corrected chi connectivity index (χ2v) is 8.83. The number of carbonyl (C=O) groups is 2. The summed E-state index contributed by atoms with van der Waals surface area (Å²) < 4.78 is 31.7. The van der Waals surface area contributed by atoms with Gasteiger partial charge in [-0.1, -0.05) is 6.08 Å². The number of fused-ring (bicyclic) bond motifs is 1.